The van der Waals surface area contributed by atoms with Crippen LogP contribution in [-0.2, 0) is 23.8 Å². The fraction of sp³-hybridized carbons (Fsp3) is 0.900. The van der Waals surface area contributed by atoms with Gasteiger partial charge in [0.15, 0.2) is 6.29 Å². The number of carbonyl (C=O) groups is 2. The van der Waals surface area contributed by atoms with Crippen molar-refractivity contribution in [1.29, 1.82) is 0 Å². The largest absolute Gasteiger partial charge is 0.466 e. The third-order valence-electron chi connectivity index (χ3n) is 5.76. The van der Waals surface area contributed by atoms with Gasteiger partial charge in [0.2, 0.25) is 0 Å². The molecule has 1 aliphatic heterocycles. The minimum Gasteiger partial charge on any atom is -0.466 e. The number of carbonyl (C=O) groups excluding carboxylic acids is 2. The number of cyclic esters (lactones) is 1. The summed E-state index contributed by atoms with van der Waals surface area (Å²) in [6.07, 6.45) is 7.66. The molecule has 1 heterocycles. The predicted molar refractivity (Wildman–Crippen MR) is 96.1 cm³/mol. The van der Waals surface area contributed by atoms with Gasteiger partial charge in [0.05, 0.1) is 25.0 Å². The van der Waals surface area contributed by atoms with Crippen molar-refractivity contribution in [2.24, 2.45) is 23.7 Å². The van der Waals surface area contributed by atoms with Gasteiger partial charge in [-0.1, -0.05) is 25.7 Å². The fourth-order valence-corrected chi connectivity index (χ4v) is 4.35. The second-order valence-electron chi connectivity index (χ2n) is 7.43. The summed E-state index contributed by atoms with van der Waals surface area (Å²) in [4.78, 5) is 22.7. The molecule has 6 heteroatoms. The first kappa shape index (κ1) is 21.2. The minimum absolute atomic E-state index is 0.0599. The molecule has 1 N–H and O–H groups in total. The Balaban J connectivity index is 0.000000206. The van der Waals surface area contributed by atoms with Gasteiger partial charge in [-0.05, 0) is 39.5 Å². The van der Waals surface area contributed by atoms with Crippen LogP contribution in [-0.4, -0.2) is 43.2 Å². The molecule has 0 bridgehead atoms. The highest BCUT2D eigenvalue weighted by Gasteiger charge is 2.38. The Hall–Kier alpha value is -1.14. The molecule has 0 aromatic carbocycles. The second-order valence-corrected chi connectivity index (χ2v) is 7.43. The van der Waals surface area contributed by atoms with Crippen molar-refractivity contribution in [2.75, 3.05) is 19.8 Å². The Morgan fingerprint density at radius 2 is 1.81 bits per heavy atom. The lowest BCUT2D eigenvalue weighted by atomic mass is 9.79. The van der Waals surface area contributed by atoms with Crippen molar-refractivity contribution in [1.82, 2.24) is 0 Å². The highest BCUT2D eigenvalue weighted by molar-refractivity contribution is 5.74. The minimum atomic E-state index is -0.834. The Labute approximate surface area is 156 Å². The van der Waals surface area contributed by atoms with Crippen LogP contribution in [0.5, 0.6) is 0 Å². The van der Waals surface area contributed by atoms with Gasteiger partial charge in [-0.25, -0.2) is 0 Å². The van der Waals surface area contributed by atoms with E-state index in [1.54, 1.807) is 6.92 Å². The molecule has 3 rings (SSSR count). The van der Waals surface area contributed by atoms with Crippen molar-refractivity contribution in [3.63, 3.8) is 0 Å². The van der Waals surface area contributed by atoms with E-state index in [4.69, 9.17) is 14.2 Å². The molecular weight excluding hydrogens is 336 g/mol. The highest BCUT2D eigenvalue weighted by Crippen LogP contribution is 2.35. The van der Waals surface area contributed by atoms with Crippen LogP contribution in [0.1, 0.15) is 65.2 Å². The third kappa shape index (κ3) is 5.68. The van der Waals surface area contributed by atoms with Crippen molar-refractivity contribution in [2.45, 2.75) is 71.5 Å². The van der Waals surface area contributed by atoms with Crippen LogP contribution in [0.25, 0.3) is 0 Å². The molecule has 0 aromatic heterocycles. The molecule has 0 radical (unpaired) electrons. The number of hydrogen-bond donors (Lipinski definition) is 1. The summed E-state index contributed by atoms with van der Waals surface area (Å²) in [5, 5.41) is 9.83. The molecule has 0 spiro atoms. The predicted octanol–water partition coefficient (Wildman–Crippen LogP) is 3.06. The lowest BCUT2D eigenvalue weighted by molar-refractivity contribution is -0.174. The summed E-state index contributed by atoms with van der Waals surface area (Å²) in [6, 6.07) is 0. The number of rotatable bonds is 5. The van der Waals surface area contributed by atoms with E-state index in [2.05, 4.69) is 0 Å². The highest BCUT2D eigenvalue weighted by atomic mass is 16.6. The van der Waals surface area contributed by atoms with E-state index in [-0.39, 0.29) is 29.7 Å². The van der Waals surface area contributed by atoms with E-state index >= 15 is 0 Å². The summed E-state index contributed by atoms with van der Waals surface area (Å²) >= 11 is 0. The van der Waals surface area contributed by atoms with Crippen molar-refractivity contribution in [3.05, 3.63) is 0 Å². The van der Waals surface area contributed by atoms with Gasteiger partial charge in [0.1, 0.15) is 0 Å². The average Bonchev–Trinajstić information content (AvgIpc) is 3.04. The first-order valence-corrected chi connectivity index (χ1v) is 10.2. The van der Waals surface area contributed by atoms with Crippen molar-refractivity contribution < 1.29 is 28.9 Å². The number of aliphatic hydroxyl groups excluding tert-OH is 1. The van der Waals surface area contributed by atoms with Crippen molar-refractivity contribution in [3.8, 4) is 0 Å². The van der Waals surface area contributed by atoms with E-state index in [9.17, 15) is 14.7 Å². The van der Waals surface area contributed by atoms with E-state index in [1.165, 1.54) is 19.3 Å². The smallest absolute Gasteiger partial charge is 0.309 e. The summed E-state index contributed by atoms with van der Waals surface area (Å²) in [5.74, 6) is 0.411. The SMILES string of the molecule is CCOC(=O)C1CCCCC1C(O)OCC.O=C1OCC2CCCCC12. The van der Waals surface area contributed by atoms with Gasteiger partial charge < -0.3 is 19.3 Å². The zero-order valence-electron chi connectivity index (χ0n) is 16.2. The fourth-order valence-electron chi connectivity index (χ4n) is 4.35. The Bertz CT molecular complexity index is 452. The zero-order chi connectivity index (χ0) is 18.9. The van der Waals surface area contributed by atoms with Gasteiger partial charge in [-0.15, -0.1) is 0 Å². The summed E-state index contributed by atoms with van der Waals surface area (Å²) < 4.78 is 15.2. The molecule has 5 atom stereocenters. The summed E-state index contributed by atoms with van der Waals surface area (Å²) in [5.41, 5.74) is 0. The van der Waals surface area contributed by atoms with Gasteiger partial charge >= 0.3 is 11.9 Å². The van der Waals surface area contributed by atoms with E-state index in [1.807, 2.05) is 6.92 Å². The van der Waals surface area contributed by atoms with Gasteiger partial charge in [-0.2, -0.15) is 0 Å². The molecule has 3 aliphatic rings. The van der Waals surface area contributed by atoms with Crippen LogP contribution >= 0.6 is 0 Å². The lowest BCUT2D eigenvalue weighted by Gasteiger charge is -2.32. The number of ether oxygens (including phenoxy) is 3. The average molecular weight is 370 g/mol. The van der Waals surface area contributed by atoms with Gasteiger partial charge in [0.25, 0.3) is 0 Å². The Morgan fingerprint density at radius 1 is 1.12 bits per heavy atom. The van der Waals surface area contributed by atoms with Crippen molar-refractivity contribution >= 4 is 11.9 Å². The monoisotopic (exact) mass is 370 g/mol. The first-order chi connectivity index (χ1) is 12.6. The molecule has 0 aromatic rings. The Kier molecular flexibility index (Phi) is 8.85. The maximum atomic E-state index is 11.7. The van der Waals surface area contributed by atoms with Crippen LogP contribution < -0.4 is 0 Å². The number of fused-ring (bicyclic) bond motifs is 1. The van der Waals surface area contributed by atoms with E-state index in [0.29, 0.717) is 25.7 Å². The molecule has 5 unspecified atom stereocenters. The molecule has 150 valence electrons. The van der Waals surface area contributed by atoms with Gasteiger partial charge in [-0.3, -0.25) is 9.59 Å². The summed E-state index contributed by atoms with van der Waals surface area (Å²) in [6.45, 7) is 5.20. The maximum absolute atomic E-state index is 11.7. The maximum Gasteiger partial charge on any atom is 0.309 e. The van der Waals surface area contributed by atoms with Gasteiger partial charge in [0, 0.05) is 18.4 Å². The summed E-state index contributed by atoms with van der Waals surface area (Å²) in [7, 11) is 0. The first-order valence-electron chi connectivity index (χ1n) is 10.2. The molecule has 26 heavy (non-hydrogen) atoms. The van der Waals surface area contributed by atoms with Crippen LogP contribution in [0.2, 0.25) is 0 Å². The second kappa shape index (κ2) is 10.9. The van der Waals surface area contributed by atoms with Crippen LogP contribution in [0.4, 0.5) is 0 Å². The topological polar surface area (TPSA) is 82.1 Å². The molecule has 3 fully saturated rings. The quantitative estimate of drug-likeness (QED) is 0.592. The zero-order valence-corrected chi connectivity index (χ0v) is 16.2. The molecule has 0 amide bonds. The van der Waals surface area contributed by atoms with Crippen LogP contribution in [0.3, 0.4) is 0 Å². The molecule has 2 saturated carbocycles. The molecule has 6 nitrogen and oxygen atoms in total. The number of hydrogen-bond acceptors (Lipinski definition) is 6. The molecular formula is C20H34O6. The molecule has 1 saturated heterocycles. The van der Waals surface area contributed by atoms with E-state index in [0.717, 1.165) is 32.1 Å². The standard InChI is InChI=1S/C12H22O4.C8H12O2/c1-3-15-11(13)9-7-5-6-8-10(9)12(14)16-4-2;9-8-7-4-2-1-3-6(7)5-10-8/h9-11,13H,3-8H2,1-2H3;6-7H,1-5H2. The lowest BCUT2D eigenvalue weighted by Crippen LogP contribution is -2.37. The number of aliphatic hydroxyl groups is 1. The number of esters is 2. The molecule has 2 aliphatic carbocycles. The third-order valence-corrected chi connectivity index (χ3v) is 5.76. The van der Waals surface area contributed by atoms with Crippen LogP contribution in [0, 0.1) is 23.7 Å². The van der Waals surface area contributed by atoms with E-state index < -0.39 is 6.29 Å². The van der Waals surface area contributed by atoms with Crippen LogP contribution in [0.15, 0.2) is 0 Å². The normalized spacial score (nSPS) is 31.9. The Morgan fingerprint density at radius 3 is 2.50 bits per heavy atom.